The van der Waals surface area contributed by atoms with Crippen molar-refractivity contribution in [2.75, 3.05) is 33.4 Å². The van der Waals surface area contributed by atoms with Crippen LogP contribution in [0.15, 0.2) is 29.3 Å². The second kappa shape index (κ2) is 7.66. The van der Waals surface area contributed by atoms with Crippen LogP contribution < -0.4 is 10.6 Å². The third-order valence-corrected chi connectivity index (χ3v) is 4.04. The van der Waals surface area contributed by atoms with Crippen molar-refractivity contribution in [2.24, 2.45) is 4.99 Å². The highest BCUT2D eigenvalue weighted by molar-refractivity contribution is 6.30. The van der Waals surface area contributed by atoms with Crippen molar-refractivity contribution in [1.82, 2.24) is 10.6 Å². The molecule has 0 atom stereocenters. The summed E-state index contributed by atoms with van der Waals surface area (Å²) in [5.74, 6) is 0.856. The van der Waals surface area contributed by atoms with Gasteiger partial charge in [-0.05, 0) is 37.5 Å². The summed E-state index contributed by atoms with van der Waals surface area (Å²) in [7, 11) is 1.70. The smallest absolute Gasteiger partial charge is 0.191 e. The lowest BCUT2D eigenvalue weighted by atomic mass is 9.96. The van der Waals surface area contributed by atoms with Gasteiger partial charge in [0.15, 0.2) is 5.96 Å². The van der Waals surface area contributed by atoms with Crippen molar-refractivity contribution in [3.8, 4) is 0 Å². The Morgan fingerprint density at radius 3 is 2.57 bits per heavy atom. The molecule has 0 heterocycles. The van der Waals surface area contributed by atoms with Crippen molar-refractivity contribution in [2.45, 2.75) is 25.2 Å². The monoisotopic (exact) mass is 309 g/mol. The first kappa shape index (κ1) is 16.1. The van der Waals surface area contributed by atoms with Gasteiger partial charge in [-0.25, -0.2) is 0 Å². The van der Waals surface area contributed by atoms with Crippen molar-refractivity contribution in [3.05, 3.63) is 34.9 Å². The van der Waals surface area contributed by atoms with E-state index in [9.17, 15) is 0 Å². The minimum atomic E-state index is 0.203. The summed E-state index contributed by atoms with van der Waals surface area (Å²) in [6, 6.07) is 8.16. The first-order valence-corrected chi connectivity index (χ1v) is 7.85. The molecule has 0 radical (unpaired) electrons. The van der Waals surface area contributed by atoms with Gasteiger partial charge in [-0.15, -0.1) is 0 Å². The van der Waals surface area contributed by atoms with E-state index in [0.717, 1.165) is 30.6 Å². The van der Waals surface area contributed by atoms with E-state index in [0.29, 0.717) is 6.61 Å². The predicted octanol–water partition coefficient (Wildman–Crippen LogP) is 2.57. The van der Waals surface area contributed by atoms with Crippen LogP contribution in [0.5, 0.6) is 0 Å². The highest BCUT2D eigenvalue weighted by Crippen LogP contribution is 2.48. The SMILES string of the molecule is CCNC(=NCC1(c2ccc(Cl)cc2)CC1)NCCOC. The van der Waals surface area contributed by atoms with E-state index in [1.165, 1.54) is 18.4 Å². The molecule has 116 valence electrons. The predicted molar refractivity (Wildman–Crippen MR) is 88.2 cm³/mol. The van der Waals surface area contributed by atoms with Gasteiger partial charge in [-0.2, -0.15) is 0 Å². The Hall–Kier alpha value is -1.26. The normalized spacial score (nSPS) is 16.6. The van der Waals surface area contributed by atoms with Crippen LogP contribution in [0.25, 0.3) is 0 Å². The fourth-order valence-electron chi connectivity index (χ4n) is 2.34. The fraction of sp³-hybridized carbons (Fsp3) is 0.562. The minimum absolute atomic E-state index is 0.203. The number of nitrogens with zero attached hydrogens (tertiary/aromatic N) is 1. The second-order valence-corrected chi connectivity index (χ2v) is 5.84. The third kappa shape index (κ3) is 4.61. The Balaban J connectivity index is 1.97. The average molecular weight is 310 g/mol. The molecule has 5 heteroatoms. The highest BCUT2D eigenvalue weighted by Gasteiger charge is 2.44. The number of methoxy groups -OCH3 is 1. The Morgan fingerprint density at radius 2 is 2.00 bits per heavy atom. The topological polar surface area (TPSA) is 45.7 Å². The summed E-state index contributed by atoms with van der Waals surface area (Å²) in [5, 5.41) is 7.32. The number of hydrogen-bond donors (Lipinski definition) is 2. The van der Waals surface area contributed by atoms with Crippen LogP contribution in [-0.4, -0.2) is 39.3 Å². The van der Waals surface area contributed by atoms with Gasteiger partial charge in [-0.1, -0.05) is 23.7 Å². The van der Waals surface area contributed by atoms with Crippen molar-refractivity contribution in [1.29, 1.82) is 0 Å². The summed E-state index contributed by atoms with van der Waals surface area (Å²) >= 11 is 5.96. The molecule has 1 aromatic carbocycles. The van der Waals surface area contributed by atoms with Crippen LogP contribution >= 0.6 is 11.6 Å². The van der Waals surface area contributed by atoms with Crippen LogP contribution in [0, 0.1) is 0 Å². The molecule has 1 fully saturated rings. The summed E-state index contributed by atoms with van der Waals surface area (Å²) in [6.07, 6.45) is 2.38. The lowest BCUT2D eigenvalue weighted by molar-refractivity contribution is 0.203. The summed E-state index contributed by atoms with van der Waals surface area (Å²) < 4.78 is 5.05. The van der Waals surface area contributed by atoms with Gasteiger partial charge in [-0.3, -0.25) is 4.99 Å². The Bertz CT molecular complexity index is 469. The number of aliphatic imine (C=N–C) groups is 1. The van der Waals surface area contributed by atoms with Crippen LogP contribution in [0.4, 0.5) is 0 Å². The van der Waals surface area contributed by atoms with Gasteiger partial charge in [0, 0.05) is 30.6 Å². The Kier molecular flexibility index (Phi) is 5.88. The molecular weight excluding hydrogens is 286 g/mol. The molecule has 0 saturated heterocycles. The fourth-order valence-corrected chi connectivity index (χ4v) is 2.46. The van der Waals surface area contributed by atoms with Gasteiger partial charge >= 0.3 is 0 Å². The first-order valence-electron chi connectivity index (χ1n) is 7.47. The van der Waals surface area contributed by atoms with E-state index in [2.05, 4.69) is 29.7 Å². The zero-order valence-electron chi connectivity index (χ0n) is 12.8. The van der Waals surface area contributed by atoms with Crippen LogP contribution in [0.3, 0.4) is 0 Å². The second-order valence-electron chi connectivity index (χ2n) is 5.40. The van der Waals surface area contributed by atoms with E-state index in [-0.39, 0.29) is 5.41 Å². The van der Waals surface area contributed by atoms with E-state index in [4.69, 9.17) is 21.3 Å². The highest BCUT2D eigenvalue weighted by atomic mass is 35.5. The number of hydrogen-bond acceptors (Lipinski definition) is 2. The standard InChI is InChI=1S/C16H24ClN3O/c1-3-18-15(19-10-11-21-2)20-12-16(8-9-16)13-4-6-14(17)7-5-13/h4-7H,3,8-12H2,1-2H3,(H2,18,19,20). The third-order valence-electron chi connectivity index (χ3n) is 3.79. The zero-order chi connectivity index (χ0) is 15.1. The number of ether oxygens (including phenoxy) is 1. The summed E-state index contributed by atoms with van der Waals surface area (Å²) in [5.41, 5.74) is 1.54. The van der Waals surface area contributed by atoms with Gasteiger partial charge in [0.25, 0.3) is 0 Å². The molecule has 1 aliphatic rings. The maximum atomic E-state index is 5.96. The van der Waals surface area contributed by atoms with E-state index in [1.807, 2.05) is 12.1 Å². The van der Waals surface area contributed by atoms with Crippen molar-refractivity contribution in [3.63, 3.8) is 0 Å². The number of guanidine groups is 1. The molecule has 0 aromatic heterocycles. The molecule has 2 N–H and O–H groups in total. The molecule has 0 aliphatic heterocycles. The lowest BCUT2D eigenvalue weighted by Crippen LogP contribution is -2.39. The zero-order valence-corrected chi connectivity index (χ0v) is 13.5. The molecule has 2 rings (SSSR count). The van der Waals surface area contributed by atoms with Crippen LogP contribution in [-0.2, 0) is 10.2 Å². The summed E-state index contributed by atoms with van der Waals surface area (Å²) in [6.45, 7) is 5.16. The molecule has 21 heavy (non-hydrogen) atoms. The van der Waals surface area contributed by atoms with Gasteiger partial charge in [0.05, 0.1) is 13.2 Å². The minimum Gasteiger partial charge on any atom is -0.383 e. The largest absolute Gasteiger partial charge is 0.383 e. The molecular formula is C16H24ClN3O. The quantitative estimate of drug-likeness (QED) is 0.462. The van der Waals surface area contributed by atoms with Gasteiger partial charge < -0.3 is 15.4 Å². The Morgan fingerprint density at radius 1 is 1.29 bits per heavy atom. The van der Waals surface area contributed by atoms with Crippen molar-refractivity contribution < 1.29 is 4.74 Å². The molecule has 4 nitrogen and oxygen atoms in total. The molecule has 0 amide bonds. The maximum Gasteiger partial charge on any atom is 0.191 e. The average Bonchev–Trinajstić information content (AvgIpc) is 3.27. The van der Waals surface area contributed by atoms with E-state index in [1.54, 1.807) is 7.11 Å². The van der Waals surface area contributed by atoms with Crippen molar-refractivity contribution >= 4 is 17.6 Å². The molecule has 1 saturated carbocycles. The molecule has 0 bridgehead atoms. The molecule has 0 spiro atoms. The Labute approximate surface area is 131 Å². The van der Waals surface area contributed by atoms with E-state index < -0.39 is 0 Å². The van der Waals surface area contributed by atoms with Gasteiger partial charge in [0.1, 0.15) is 0 Å². The molecule has 1 aliphatic carbocycles. The molecule has 0 unspecified atom stereocenters. The summed E-state index contributed by atoms with van der Waals surface area (Å²) in [4.78, 5) is 4.72. The lowest BCUT2D eigenvalue weighted by Gasteiger charge is -2.16. The maximum absolute atomic E-state index is 5.96. The number of benzene rings is 1. The molecule has 1 aromatic rings. The number of rotatable bonds is 7. The van der Waals surface area contributed by atoms with E-state index >= 15 is 0 Å². The van der Waals surface area contributed by atoms with Gasteiger partial charge in [0.2, 0.25) is 0 Å². The van der Waals surface area contributed by atoms with Crippen LogP contribution in [0.1, 0.15) is 25.3 Å². The van der Waals surface area contributed by atoms with Crippen LogP contribution in [0.2, 0.25) is 5.02 Å². The number of halogens is 1. The first-order chi connectivity index (χ1) is 10.2. The number of nitrogens with one attached hydrogen (secondary N) is 2.